The number of piperidine rings is 1. The predicted octanol–water partition coefficient (Wildman–Crippen LogP) is 3.90. The number of carbonyl (C=O) groups is 1. The first-order chi connectivity index (χ1) is 11.3. The molecule has 1 aliphatic heterocycles. The minimum atomic E-state index is -0.423. The summed E-state index contributed by atoms with van der Waals surface area (Å²) in [5.74, 6) is 0.689. The molecule has 0 bridgehead atoms. The standard InChI is InChI=1S/C18H28N2O3/c1-2-3-14-22-17-10-6-5-9-16(17)19-18(21)23-15-13-20-11-7-4-8-12-20/h5-6,9-10H,2-4,7-8,11-15H2,1H3,(H,19,21). The number of likely N-dealkylation sites (tertiary alicyclic amines) is 1. The fourth-order valence-electron chi connectivity index (χ4n) is 2.62. The quantitative estimate of drug-likeness (QED) is 0.738. The number of hydrogen-bond donors (Lipinski definition) is 1. The van der Waals surface area contributed by atoms with Crippen LogP contribution in [-0.2, 0) is 4.74 Å². The third kappa shape index (κ3) is 6.48. The van der Waals surface area contributed by atoms with Crippen molar-refractivity contribution in [2.45, 2.75) is 39.0 Å². The minimum absolute atomic E-state index is 0.421. The molecule has 2 rings (SSSR count). The van der Waals surface area contributed by atoms with Crippen LogP contribution in [0.4, 0.5) is 10.5 Å². The Hall–Kier alpha value is -1.75. The number of unbranched alkanes of at least 4 members (excludes halogenated alkanes) is 1. The van der Waals surface area contributed by atoms with Crippen LogP contribution in [-0.4, -0.2) is 43.8 Å². The molecule has 5 nitrogen and oxygen atoms in total. The van der Waals surface area contributed by atoms with Crippen LogP contribution in [0.2, 0.25) is 0 Å². The second kappa shape index (κ2) is 10.1. The van der Waals surface area contributed by atoms with Crippen LogP contribution in [0, 0.1) is 0 Å². The van der Waals surface area contributed by atoms with Crippen molar-refractivity contribution in [1.82, 2.24) is 4.90 Å². The number of ether oxygens (including phenoxy) is 2. The largest absolute Gasteiger partial charge is 0.491 e. The van der Waals surface area contributed by atoms with E-state index in [1.807, 2.05) is 24.3 Å². The van der Waals surface area contributed by atoms with Crippen LogP contribution in [0.1, 0.15) is 39.0 Å². The zero-order chi connectivity index (χ0) is 16.3. The lowest BCUT2D eigenvalue weighted by Crippen LogP contribution is -2.33. The van der Waals surface area contributed by atoms with Crippen molar-refractivity contribution in [2.24, 2.45) is 0 Å². The van der Waals surface area contributed by atoms with Crippen LogP contribution in [0.5, 0.6) is 5.75 Å². The molecule has 1 saturated heterocycles. The number of anilines is 1. The molecule has 0 aromatic heterocycles. The lowest BCUT2D eigenvalue weighted by Gasteiger charge is -2.25. The molecular formula is C18H28N2O3. The van der Waals surface area contributed by atoms with Crippen molar-refractivity contribution in [3.05, 3.63) is 24.3 Å². The number of para-hydroxylation sites is 2. The first kappa shape index (κ1) is 17.6. The summed E-state index contributed by atoms with van der Waals surface area (Å²) >= 11 is 0. The summed E-state index contributed by atoms with van der Waals surface area (Å²) in [5, 5.41) is 2.77. The summed E-state index contributed by atoms with van der Waals surface area (Å²) < 4.78 is 11.0. The topological polar surface area (TPSA) is 50.8 Å². The second-order valence-electron chi connectivity index (χ2n) is 5.86. The third-order valence-electron chi connectivity index (χ3n) is 3.97. The number of rotatable bonds is 8. The maximum atomic E-state index is 11.9. The van der Waals surface area contributed by atoms with Gasteiger partial charge in [-0.15, -0.1) is 0 Å². The van der Waals surface area contributed by atoms with E-state index in [2.05, 4.69) is 17.1 Å². The van der Waals surface area contributed by atoms with Gasteiger partial charge in [-0.2, -0.15) is 0 Å². The molecule has 0 radical (unpaired) electrons. The molecular weight excluding hydrogens is 292 g/mol. The molecule has 128 valence electrons. The summed E-state index contributed by atoms with van der Waals surface area (Å²) in [6.07, 6.45) is 5.45. The monoisotopic (exact) mass is 320 g/mol. The highest BCUT2D eigenvalue weighted by atomic mass is 16.5. The summed E-state index contributed by atoms with van der Waals surface area (Å²) in [6.45, 7) is 6.22. The van der Waals surface area contributed by atoms with Crippen molar-refractivity contribution in [1.29, 1.82) is 0 Å². The van der Waals surface area contributed by atoms with Crippen molar-refractivity contribution in [2.75, 3.05) is 38.2 Å². The number of amides is 1. The fraction of sp³-hybridized carbons (Fsp3) is 0.611. The fourth-order valence-corrected chi connectivity index (χ4v) is 2.62. The van der Waals surface area contributed by atoms with Gasteiger partial charge in [0.2, 0.25) is 0 Å². The lowest BCUT2D eigenvalue weighted by atomic mass is 10.1. The van der Waals surface area contributed by atoms with Gasteiger partial charge in [-0.3, -0.25) is 10.2 Å². The van der Waals surface area contributed by atoms with Crippen molar-refractivity contribution in [3.63, 3.8) is 0 Å². The Kier molecular flexibility index (Phi) is 7.73. The Bertz CT molecular complexity index is 473. The van der Waals surface area contributed by atoms with E-state index < -0.39 is 6.09 Å². The molecule has 0 saturated carbocycles. The van der Waals surface area contributed by atoms with Gasteiger partial charge in [-0.25, -0.2) is 4.79 Å². The van der Waals surface area contributed by atoms with E-state index in [1.54, 1.807) is 0 Å². The molecule has 1 aromatic rings. The highest BCUT2D eigenvalue weighted by Gasteiger charge is 2.12. The number of carbonyl (C=O) groups excluding carboxylic acids is 1. The Morgan fingerprint density at radius 3 is 2.74 bits per heavy atom. The van der Waals surface area contributed by atoms with Crippen LogP contribution in [0.25, 0.3) is 0 Å². The number of nitrogens with one attached hydrogen (secondary N) is 1. The first-order valence-electron chi connectivity index (χ1n) is 8.67. The van der Waals surface area contributed by atoms with E-state index in [-0.39, 0.29) is 0 Å². The molecule has 1 N–H and O–H groups in total. The van der Waals surface area contributed by atoms with Gasteiger partial charge in [0.1, 0.15) is 12.4 Å². The Morgan fingerprint density at radius 2 is 1.96 bits per heavy atom. The van der Waals surface area contributed by atoms with Gasteiger partial charge in [-0.05, 0) is 44.5 Å². The Balaban J connectivity index is 1.73. The number of hydrogen-bond acceptors (Lipinski definition) is 4. The van der Waals surface area contributed by atoms with E-state index in [9.17, 15) is 4.79 Å². The molecule has 1 amide bonds. The van der Waals surface area contributed by atoms with Crippen LogP contribution >= 0.6 is 0 Å². The lowest BCUT2D eigenvalue weighted by molar-refractivity contribution is 0.131. The molecule has 1 aromatic carbocycles. The first-order valence-corrected chi connectivity index (χ1v) is 8.67. The summed E-state index contributed by atoms with van der Waals surface area (Å²) in [7, 11) is 0. The average Bonchev–Trinajstić information content (AvgIpc) is 2.57. The summed E-state index contributed by atoms with van der Waals surface area (Å²) in [4.78, 5) is 14.3. The zero-order valence-electron chi connectivity index (χ0n) is 14.1. The molecule has 1 heterocycles. The highest BCUT2D eigenvalue weighted by molar-refractivity contribution is 5.86. The maximum Gasteiger partial charge on any atom is 0.411 e. The van der Waals surface area contributed by atoms with Crippen molar-refractivity contribution >= 4 is 11.8 Å². The van der Waals surface area contributed by atoms with E-state index in [4.69, 9.17) is 9.47 Å². The predicted molar refractivity (Wildman–Crippen MR) is 92.1 cm³/mol. The SMILES string of the molecule is CCCCOc1ccccc1NC(=O)OCCN1CCCCC1. The molecule has 0 atom stereocenters. The second-order valence-corrected chi connectivity index (χ2v) is 5.86. The highest BCUT2D eigenvalue weighted by Crippen LogP contribution is 2.24. The number of benzene rings is 1. The zero-order valence-corrected chi connectivity index (χ0v) is 14.1. The third-order valence-corrected chi connectivity index (χ3v) is 3.97. The van der Waals surface area contributed by atoms with E-state index in [0.29, 0.717) is 24.7 Å². The van der Waals surface area contributed by atoms with Crippen molar-refractivity contribution in [3.8, 4) is 5.75 Å². The van der Waals surface area contributed by atoms with E-state index >= 15 is 0 Å². The van der Waals surface area contributed by atoms with Gasteiger partial charge in [0.15, 0.2) is 0 Å². The molecule has 0 aliphatic carbocycles. The Morgan fingerprint density at radius 1 is 1.17 bits per heavy atom. The molecule has 23 heavy (non-hydrogen) atoms. The van der Waals surface area contributed by atoms with Gasteiger partial charge in [-0.1, -0.05) is 31.9 Å². The van der Waals surface area contributed by atoms with Crippen molar-refractivity contribution < 1.29 is 14.3 Å². The van der Waals surface area contributed by atoms with Crippen LogP contribution < -0.4 is 10.1 Å². The van der Waals surface area contributed by atoms with Gasteiger partial charge < -0.3 is 9.47 Å². The molecule has 1 fully saturated rings. The molecule has 1 aliphatic rings. The minimum Gasteiger partial charge on any atom is -0.491 e. The Labute approximate surface area is 139 Å². The normalized spacial score (nSPS) is 15.2. The van der Waals surface area contributed by atoms with Gasteiger partial charge in [0.05, 0.1) is 12.3 Å². The van der Waals surface area contributed by atoms with Gasteiger partial charge >= 0.3 is 6.09 Å². The molecule has 5 heteroatoms. The molecule has 0 spiro atoms. The summed E-state index contributed by atoms with van der Waals surface area (Å²) in [5.41, 5.74) is 0.659. The maximum absolute atomic E-state index is 11.9. The van der Waals surface area contributed by atoms with Gasteiger partial charge in [0, 0.05) is 6.54 Å². The van der Waals surface area contributed by atoms with Gasteiger partial charge in [0.25, 0.3) is 0 Å². The summed E-state index contributed by atoms with van der Waals surface area (Å²) in [6, 6.07) is 7.45. The average molecular weight is 320 g/mol. The molecule has 0 unspecified atom stereocenters. The van der Waals surface area contributed by atoms with Crippen LogP contribution in [0.15, 0.2) is 24.3 Å². The smallest absolute Gasteiger partial charge is 0.411 e. The van der Waals surface area contributed by atoms with Crippen LogP contribution in [0.3, 0.4) is 0 Å². The van der Waals surface area contributed by atoms with E-state index in [0.717, 1.165) is 32.5 Å². The number of nitrogens with zero attached hydrogens (tertiary/aromatic N) is 1. The van der Waals surface area contributed by atoms with E-state index in [1.165, 1.54) is 19.3 Å².